The molecule has 0 aliphatic carbocycles. The summed E-state index contributed by atoms with van der Waals surface area (Å²) in [5.74, 6) is 1.04. The molecule has 0 unspecified atom stereocenters. The minimum absolute atomic E-state index is 0.0772. The highest BCUT2D eigenvalue weighted by molar-refractivity contribution is 5.71. The van der Waals surface area contributed by atoms with Crippen molar-refractivity contribution < 1.29 is 14.3 Å². The quantitative estimate of drug-likeness (QED) is 0.781. The Morgan fingerprint density at radius 3 is 2.88 bits per heavy atom. The topological polar surface area (TPSA) is 97.0 Å². The fraction of sp³-hybridized carbons (Fsp3) is 0.688. The summed E-state index contributed by atoms with van der Waals surface area (Å²) < 4.78 is 10.9. The minimum Gasteiger partial charge on any atom is -0.442 e. The average Bonchev–Trinajstić information content (AvgIpc) is 3.14. The van der Waals surface area contributed by atoms with Crippen molar-refractivity contribution in [2.75, 3.05) is 63.1 Å². The van der Waals surface area contributed by atoms with Crippen molar-refractivity contribution in [1.29, 1.82) is 0 Å². The molecule has 1 amide bonds. The van der Waals surface area contributed by atoms with Gasteiger partial charge in [0.25, 0.3) is 0 Å². The highest BCUT2D eigenvalue weighted by Crippen LogP contribution is 2.29. The van der Waals surface area contributed by atoms with E-state index in [0.29, 0.717) is 13.1 Å². The first-order valence-corrected chi connectivity index (χ1v) is 8.81. The van der Waals surface area contributed by atoms with E-state index < -0.39 is 0 Å². The van der Waals surface area contributed by atoms with Crippen LogP contribution in [0, 0.1) is 0 Å². The highest BCUT2D eigenvalue weighted by Gasteiger charge is 2.47. The maximum Gasteiger partial charge on any atom is 0.410 e. The van der Waals surface area contributed by atoms with Gasteiger partial charge in [-0.05, 0) is 12.5 Å². The summed E-state index contributed by atoms with van der Waals surface area (Å²) in [6.45, 7) is 6.60. The number of nitrogen functional groups attached to an aromatic ring is 1. The summed E-state index contributed by atoms with van der Waals surface area (Å²) in [6, 6.07) is 1.91. The monoisotopic (exact) mass is 348 g/mol. The van der Waals surface area contributed by atoms with Crippen LogP contribution >= 0.6 is 0 Å². The average molecular weight is 348 g/mol. The van der Waals surface area contributed by atoms with Crippen molar-refractivity contribution in [2.45, 2.75) is 18.6 Å². The molecule has 3 aliphatic rings. The van der Waals surface area contributed by atoms with Crippen LogP contribution in [0.2, 0.25) is 0 Å². The van der Waals surface area contributed by atoms with E-state index in [9.17, 15) is 4.79 Å². The molecule has 0 bridgehead atoms. The predicted octanol–water partition coefficient (Wildman–Crippen LogP) is -0.209. The summed E-state index contributed by atoms with van der Waals surface area (Å²) in [4.78, 5) is 26.7. The molecule has 1 aromatic rings. The molecule has 9 nitrogen and oxygen atoms in total. The van der Waals surface area contributed by atoms with Crippen molar-refractivity contribution >= 4 is 17.9 Å². The van der Waals surface area contributed by atoms with Crippen LogP contribution in [0.1, 0.15) is 6.42 Å². The van der Waals surface area contributed by atoms with Gasteiger partial charge in [0.2, 0.25) is 5.95 Å². The number of hydrogen-bond acceptors (Lipinski definition) is 8. The van der Waals surface area contributed by atoms with E-state index in [0.717, 1.165) is 51.6 Å². The standard InChI is InChI=1S/C16H24N6O3/c17-15-18-3-2-14(19-15)21-10-12-13(11-21)25-16(23)22(12)5-1-4-20-6-8-24-9-7-20/h2-3,12-13H,1,4-11H2,(H2,17,18,19)/t12-,13+/m0/s1. The molecular formula is C16H24N6O3. The predicted molar refractivity (Wildman–Crippen MR) is 91.3 cm³/mol. The Bertz CT molecular complexity index is 624. The molecule has 136 valence electrons. The van der Waals surface area contributed by atoms with Gasteiger partial charge in [-0.1, -0.05) is 0 Å². The molecule has 3 aliphatic heterocycles. The lowest BCUT2D eigenvalue weighted by Crippen LogP contribution is -2.41. The van der Waals surface area contributed by atoms with Crippen LogP contribution in [-0.2, 0) is 9.47 Å². The molecule has 0 aromatic carbocycles. The van der Waals surface area contributed by atoms with Crippen LogP contribution in [0.25, 0.3) is 0 Å². The van der Waals surface area contributed by atoms with Crippen molar-refractivity contribution in [1.82, 2.24) is 19.8 Å². The molecule has 9 heteroatoms. The van der Waals surface area contributed by atoms with Gasteiger partial charge < -0.3 is 20.1 Å². The zero-order valence-electron chi connectivity index (χ0n) is 14.2. The van der Waals surface area contributed by atoms with Crippen LogP contribution < -0.4 is 10.6 Å². The molecule has 4 heterocycles. The van der Waals surface area contributed by atoms with Crippen LogP contribution in [0.15, 0.2) is 12.3 Å². The SMILES string of the molecule is Nc1nccc(N2C[C@H]3OC(=O)N(CCCN4CCOCC4)[C@H]3C2)n1. The van der Waals surface area contributed by atoms with E-state index in [2.05, 4.69) is 19.8 Å². The van der Waals surface area contributed by atoms with Gasteiger partial charge in [-0.2, -0.15) is 4.98 Å². The van der Waals surface area contributed by atoms with E-state index in [1.807, 2.05) is 11.0 Å². The molecule has 0 radical (unpaired) electrons. The Kier molecular flexibility index (Phi) is 4.58. The first-order chi connectivity index (χ1) is 12.2. The number of nitrogens with two attached hydrogens (primary N) is 1. The second kappa shape index (κ2) is 7.01. The lowest BCUT2D eigenvalue weighted by Gasteiger charge is -2.28. The van der Waals surface area contributed by atoms with E-state index >= 15 is 0 Å². The Labute approximate surface area is 146 Å². The highest BCUT2D eigenvalue weighted by atomic mass is 16.6. The van der Waals surface area contributed by atoms with E-state index in [-0.39, 0.29) is 24.2 Å². The van der Waals surface area contributed by atoms with Crippen LogP contribution in [-0.4, -0.2) is 90.5 Å². The molecular weight excluding hydrogens is 324 g/mol. The second-order valence-electron chi connectivity index (χ2n) is 6.67. The molecule has 3 saturated heterocycles. The van der Waals surface area contributed by atoms with E-state index in [4.69, 9.17) is 15.2 Å². The Morgan fingerprint density at radius 2 is 2.08 bits per heavy atom. The molecule has 0 spiro atoms. The molecule has 2 N–H and O–H groups in total. The number of morpholine rings is 1. The smallest absolute Gasteiger partial charge is 0.410 e. The number of amides is 1. The molecule has 25 heavy (non-hydrogen) atoms. The third-order valence-corrected chi connectivity index (χ3v) is 5.08. The normalized spacial score (nSPS) is 26.8. The van der Waals surface area contributed by atoms with Gasteiger partial charge >= 0.3 is 6.09 Å². The zero-order chi connectivity index (χ0) is 17.2. The Hall–Kier alpha value is -2.13. The lowest BCUT2D eigenvalue weighted by molar-refractivity contribution is 0.0363. The van der Waals surface area contributed by atoms with Crippen molar-refractivity contribution in [2.24, 2.45) is 0 Å². The fourth-order valence-electron chi connectivity index (χ4n) is 3.78. The van der Waals surface area contributed by atoms with E-state index in [1.54, 1.807) is 6.20 Å². The number of ether oxygens (including phenoxy) is 2. The molecule has 4 rings (SSSR count). The van der Waals surface area contributed by atoms with Crippen molar-refractivity contribution in [3.8, 4) is 0 Å². The second-order valence-corrected chi connectivity index (χ2v) is 6.67. The number of fused-ring (bicyclic) bond motifs is 1. The number of rotatable bonds is 5. The summed E-state index contributed by atoms with van der Waals surface area (Å²) in [6.07, 6.45) is 2.29. The van der Waals surface area contributed by atoms with Gasteiger partial charge in [-0.25, -0.2) is 9.78 Å². The van der Waals surface area contributed by atoms with Gasteiger partial charge in [-0.15, -0.1) is 0 Å². The van der Waals surface area contributed by atoms with E-state index in [1.165, 1.54) is 0 Å². The number of aromatic nitrogens is 2. The summed E-state index contributed by atoms with van der Waals surface area (Å²) in [5.41, 5.74) is 5.67. The minimum atomic E-state index is -0.196. The summed E-state index contributed by atoms with van der Waals surface area (Å²) in [7, 11) is 0. The number of hydrogen-bond donors (Lipinski definition) is 1. The first kappa shape index (κ1) is 16.3. The van der Waals surface area contributed by atoms with Gasteiger partial charge in [0.05, 0.1) is 25.8 Å². The number of carbonyl (C=O) groups excluding carboxylic acids is 1. The summed E-state index contributed by atoms with van der Waals surface area (Å²) in [5, 5.41) is 0. The van der Waals surface area contributed by atoms with Gasteiger partial charge in [0.15, 0.2) is 0 Å². The first-order valence-electron chi connectivity index (χ1n) is 8.81. The molecule has 2 atom stereocenters. The van der Waals surface area contributed by atoms with Gasteiger partial charge in [-0.3, -0.25) is 9.80 Å². The Morgan fingerprint density at radius 1 is 1.24 bits per heavy atom. The van der Waals surface area contributed by atoms with Gasteiger partial charge in [0.1, 0.15) is 11.9 Å². The molecule has 1 aromatic heterocycles. The van der Waals surface area contributed by atoms with Crippen molar-refractivity contribution in [3.63, 3.8) is 0 Å². The van der Waals surface area contributed by atoms with Crippen LogP contribution in [0.4, 0.5) is 16.6 Å². The zero-order valence-corrected chi connectivity index (χ0v) is 14.2. The maximum absolute atomic E-state index is 12.2. The lowest BCUT2D eigenvalue weighted by atomic mass is 10.2. The Balaban J connectivity index is 1.33. The third kappa shape index (κ3) is 3.47. The van der Waals surface area contributed by atoms with Crippen LogP contribution in [0.3, 0.4) is 0 Å². The number of anilines is 2. The fourth-order valence-corrected chi connectivity index (χ4v) is 3.78. The molecule has 3 fully saturated rings. The third-order valence-electron chi connectivity index (χ3n) is 5.08. The van der Waals surface area contributed by atoms with Gasteiger partial charge in [0, 0.05) is 38.9 Å². The maximum atomic E-state index is 12.2. The summed E-state index contributed by atoms with van der Waals surface area (Å²) >= 11 is 0. The largest absolute Gasteiger partial charge is 0.442 e. The van der Waals surface area contributed by atoms with Crippen LogP contribution in [0.5, 0.6) is 0 Å². The number of nitrogens with zero attached hydrogens (tertiary/aromatic N) is 5. The number of carbonyl (C=O) groups is 1. The molecule has 0 saturated carbocycles. The van der Waals surface area contributed by atoms with Crippen molar-refractivity contribution in [3.05, 3.63) is 12.3 Å².